The Morgan fingerprint density at radius 2 is 2.04 bits per heavy atom. The van der Waals surface area contributed by atoms with Crippen molar-refractivity contribution in [3.63, 3.8) is 0 Å². The fraction of sp³-hybridized carbons (Fsp3) is 0.105. The van der Waals surface area contributed by atoms with Crippen molar-refractivity contribution in [1.29, 1.82) is 0 Å². The van der Waals surface area contributed by atoms with Crippen molar-refractivity contribution < 1.29 is 4.74 Å². The van der Waals surface area contributed by atoms with Crippen molar-refractivity contribution in [3.05, 3.63) is 70.0 Å². The Balaban J connectivity index is 1.91. The lowest BCUT2D eigenvalue weighted by molar-refractivity contribution is 0.415. The van der Waals surface area contributed by atoms with Crippen LogP contribution in [0.1, 0.15) is 16.6 Å². The summed E-state index contributed by atoms with van der Waals surface area (Å²) in [5, 5.41) is 5.36. The van der Waals surface area contributed by atoms with Gasteiger partial charge in [0.2, 0.25) is 0 Å². The molecule has 0 aliphatic carbocycles. The highest BCUT2D eigenvalue weighted by molar-refractivity contribution is 7.17. The first-order valence-corrected chi connectivity index (χ1v) is 9.33. The second-order valence-electron chi connectivity index (χ2n) is 5.44. The molecule has 120 valence electrons. The third kappa shape index (κ3) is 2.60. The summed E-state index contributed by atoms with van der Waals surface area (Å²) < 4.78 is 6.57. The number of hydrogen-bond donors (Lipinski definition) is 1. The summed E-state index contributed by atoms with van der Waals surface area (Å²) in [6.45, 7) is 0. The minimum atomic E-state index is -0.215. The molecular formula is C19H16N2OS2. The van der Waals surface area contributed by atoms with Gasteiger partial charge in [0.1, 0.15) is 5.75 Å². The minimum Gasteiger partial charge on any atom is -0.497 e. The van der Waals surface area contributed by atoms with Crippen LogP contribution in [-0.2, 0) is 0 Å². The van der Waals surface area contributed by atoms with Crippen LogP contribution in [0.2, 0.25) is 0 Å². The molecule has 3 nitrogen and oxygen atoms in total. The molecule has 5 heteroatoms. The van der Waals surface area contributed by atoms with E-state index in [0.29, 0.717) is 0 Å². The highest BCUT2D eigenvalue weighted by atomic mass is 32.1. The van der Waals surface area contributed by atoms with Gasteiger partial charge in [0.05, 0.1) is 18.8 Å². The molecule has 4 rings (SSSR count). The number of hydrogen-bond acceptors (Lipinski definition) is 5. The van der Waals surface area contributed by atoms with Crippen molar-refractivity contribution >= 4 is 32.8 Å². The van der Waals surface area contributed by atoms with E-state index in [0.717, 1.165) is 32.8 Å². The molecule has 0 radical (unpaired) electrons. The van der Waals surface area contributed by atoms with Crippen LogP contribution >= 0.6 is 22.7 Å². The van der Waals surface area contributed by atoms with Crippen LogP contribution in [0.5, 0.6) is 5.75 Å². The number of methoxy groups -OCH3 is 1. The van der Waals surface area contributed by atoms with E-state index in [1.807, 2.05) is 35.8 Å². The Kier molecular flexibility index (Phi) is 4.06. The van der Waals surface area contributed by atoms with Crippen LogP contribution in [0.25, 0.3) is 21.2 Å². The molecule has 3 heterocycles. The third-order valence-corrected chi connectivity index (χ3v) is 5.94. The van der Waals surface area contributed by atoms with Crippen molar-refractivity contribution in [1.82, 2.24) is 4.98 Å². The molecule has 1 atom stereocenters. The van der Waals surface area contributed by atoms with E-state index in [-0.39, 0.29) is 6.04 Å². The molecule has 0 spiro atoms. The maximum Gasteiger partial charge on any atom is 0.119 e. The van der Waals surface area contributed by atoms with E-state index in [2.05, 4.69) is 28.6 Å². The summed E-state index contributed by atoms with van der Waals surface area (Å²) in [5.74, 6) is 0.847. The number of aromatic nitrogens is 1. The predicted octanol–water partition coefficient (Wildman–Crippen LogP) is 5.08. The molecule has 4 aromatic rings. The Morgan fingerprint density at radius 3 is 2.83 bits per heavy atom. The van der Waals surface area contributed by atoms with E-state index < -0.39 is 0 Å². The van der Waals surface area contributed by atoms with Crippen molar-refractivity contribution in [2.75, 3.05) is 7.11 Å². The molecule has 0 fully saturated rings. The Hall–Kier alpha value is -2.21. The third-order valence-electron chi connectivity index (χ3n) is 4.04. The number of rotatable bonds is 4. The highest BCUT2D eigenvalue weighted by Crippen LogP contribution is 2.39. The zero-order valence-corrected chi connectivity index (χ0v) is 14.7. The summed E-state index contributed by atoms with van der Waals surface area (Å²) in [4.78, 5) is 5.74. The molecule has 0 aliphatic heterocycles. The molecule has 0 aliphatic rings. The van der Waals surface area contributed by atoms with Crippen LogP contribution < -0.4 is 10.5 Å². The van der Waals surface area contributed by atoms with Gasteiger partial charge >= 0.3 is 0 Å². The SMILES string of the molecule is COc1cccc(-c2csc3ccnc(C(N)c4cccs4)c23)c1. The molecule has 2 N–H and O–H groups in total. The van der Waals surface area contributed by atoms with Gasteiger partial charge in [-0.1, -0.05) is 18.2 Å². The predicted molar refractivity (Wildman–Crippen MR) is 102 cm³/mol. The first-order valence-electron chi connectivity index (χ1n) is 7.57. The van der Waals surface area contributed by atoms with E-state index in [1.165, 1.54) is 4.70 Å². The fourth-order valence-corrected chi connectivity index (χ4v) is 4.55. The molecule has 1 aromatic carbocycles. The van der Waals surface area contributed by atoms with Crippen molar-refractivity contribution in [2.45, 2.75) is 6.04 Å². The average Bonchev–Trinajstić information content (AvgIpc) is 3.30. The smallest absolute Gasteiger partial charge is 0.119 e. The van der Waals surface area contributed by atoms with Gasteiger partial charge in [-0.25, -0.2) is 0 Å². The van der Waals surface area contributed by atoms with Gasteiger partial charge < -0.3 is 10.5 Å². The molecule has 0 saturated heterocycles. The fourth-order valence-electron chi connectivity index (χ4n) is 2.85. The normalized spacial score (nSPS) is 12.4. The number of nitrogens with zero attached hydrogens (tertiary/aromatic N) is 1. The van der Waals surface area contributed by atoms with Gasteiger partial charge in [0.15, 0.2) is 0 Å². The van der Waals surface area contributed by atoms with Gasteiger partial charge in [-0.3, -0.25) is 4.98 Å². The summed E-state index contributed by atoms with van der Waals surface area (Å²) in [7, 11) is 1.69. The number of nitrogens with two attached hydrogens (primary N) is 1. The molecule has 24 heavy (non-hydrogen) atoms. The molecule has 1 unspecified atom stereocenters. The standard InChI is InChI=1S/C19H16N2OS2/c1-22-13-5-2-4-12(10-13)14-11-24-15-7-8-21-19(17(14)15)18(20)16-6-3-9-23-16/h2-11,18H,20H2,1H3. The zero-order valence-electron chi connectivity index (χ0n) is 13.1. The van der Waals surface area contributed by atoms with E-state index in [4.69, 9.17) is 10.5 Å². The lowest BCUT2D eigenvalue weighted by Gasteiger charge is -2.12. The molecular weight excluding hydrogens is 336 g/mol. The van der Waals surface area contributed by atoms with E-state index in [1.54, 1.807) is 29.8 Å². The number of fused-ring (bicyclic) bond motifs is 1. The molecule has 0 saturated carbocycles. The van der Waals surface area contributed by atoms with Gasteiger partial charge in [-0.05, 0) is 40.6 Å². The lowest BCUT2D eigenvalue weighted by atomic mass is 10.0. The summed E-state index contributed by atoms with van der Waals surface area (Å²) in [6, 6.07) is 14.0. The van der Waals surface area contributed by atoms with Crippen LogP contribution in [0.15, 0.2) is 59.4 Å². The molecule has 0 amide bonds. The van der Waals surface area contributed by atoms with Gasteiger partial charge in [0, 0.05) is 26.7 Å². The monoisotopic (exact) mass is 352 g/mol. The maximum absolute atomic E-state index is 6.52. The van der Waals surface area contributed by atoms with E-state index in [9.17, 15) is 0 Å². The summed E-state index contributed by atoms with van der Waals surface area (Å²) in [5.41, 5.74) is 9.72. The van der Waals surface area contributed by atoms with Gasteiger partial charge in [-0.2, -0.15) is 0 Å². The first-order chi connectivity index (χ1) is 11.8. The van der Waals surface area contributed by atoms with Gasteiger partial charge in [-0.15, -0.1) is 22.7 Å². The van der Waals surface area contributed by atoms with Gasteiger partial charge in [0.25, 0.3) is 0 Å². The Morgan fingerprint density at radius 1 is 1.12 bits per heavy atom. The maximum atomic E-state index is 6.52. The Bertz CT molecular complexity index is 976. The van der Waals surface area contributed by atoms with Crippen LogP contribution in [0.4, 0.5) is 0 Å². The largest absolute Gasteiger partial charge is 0.497 e. The molecule has 0 bridgehead atoms. The van der Waals surface area contributed by atoms with E-state index >= 15 is 0 Å². The number of thiophene rings is 2. The number of ether oxygens (including phenoxy) is 1. The van der Waals surface area contributed by atoms with Crippen LogP contribution in [-0.4, -0.2) is 12.1 Å². The lowest BCUT2D eigenvalue weighted by Crippen LogP contribution is -2.12. The average molecular weight is 352 g/mol. The topological polar surface area (TPSA) is 48.1 Å². The second-order valence-corrected chi connectivity index (χ2v) is 7.33. The number of benzene rings is 1. The minimum absolute atomic E-state index is 0.215. The highest BCUT2D eigenvalue weighted by Gasteiger charge is 2.19. The second kappa shape index (κ2) is 6.36. The number of pyridine rings is 1. The zero-order chi connectivity index (χ0) is 16.5. The Labute approximate surface area is 148 Å². The summed E-state index contributed by atoms with van der Waals surface area (Å²) in [6.07, 6.45) is 1.84. The summed E-state index contributed by atoms with van der Waals surface area (Å²) >= 11 is 3.38. The first kappa shape index (κ1) is 15.3. The molecule has 3 aromatic heterocycles. The van der Waals surface area contributed by atoms with Crippen molar-refractivity contribution in [2.24, 2.45) is 5.73 Å². The van der Waals surface area contributed by atoms with Crippen LogP contribution in [0, 0.1) is 0 Å². The quantitative estimate of drug-likeness (QED) is 0.557. The van der Waals surface area contributed by atoms with Crippen LogP contribution in [0.3, 0.4) is 0 Å². The van der Waals surface area contributed by atoms with Crippen molar-refractivity contribution in [3.8, 4) is 16.9 Å².